The predicted octanol–water partition coefficient (Wildman–Crippen LogP) is 4.59. The molecule has 0 aliphatic carbocycles. The Morgan fingerprint density at radius 2 is 1.75 bits per heavy atom. The minimum atomic E-state index is -1.97. The third-order valence-corrected chi connectivity index (χ3v) is 10.6. The molecule has 0 fully saturated rings. The number of carbonyl (C=O) groups excluding carboxylic acids is 1. The molecule has 0 bridgehead atoms. The van der Waals surface area contributed by atoms with Gasteiger partial charge in [-0.1, -0.05) is 52.6 Å². The zero-order valence-corrected chi connectivity index (χ0v) is 18.9. The molecular formula is C18H38O4Si2. The Kier molecular flexibility index (Phi) is 9.71. The molecule has 0 saturated heterocycles. The van der Waals surface area contributed by atoms with Crippen LogP contribution in [0.5, 0.6) is 0 Å². The topological polar surface area (TPSA) is 55.8 Å². The second kappa shape index (κ2) is 9.89. The van der Waals surface area contributed by atoms with Crippen molar-refractivity contribution >= 4 is 22.4 Å². The van der Waals surface area contributed by atoms with Crippen molar-refractivity contribution in [3.05, 3.63) is 12.2 Å². The minimum absolute atomic E-state index is 0.0812. The molecular weight excluding hydrogens is 336 g/mol. The van der Waals surface area contributed by atoms with Crippen molar-refractivity contribution < 1.29 is 19.1 Å². The third kappa shape index (κ3) is 10.4. The molecule has 0 unspecified atom stereocenters. The van der Waals surface area contributed by atoms with Gasteiger partial charge in [-0.3, -0.25) is 4.79 Å². The van der Waals surface area contributed by atoms with Crippen LogP contribution < -0.4 is 0 Å². The summed E-state index contributed by atoms with van der Waals surface area (Å²) in [5.74, 6) is -0.203. The van der Waals surface area contributed by atoms with Gasteiger partial charge in [0.2, 0.25) is 0 Å². The van der Waals surface area contributed by atoms with Gasteiger partial charge in [0.1, 0.15) is 0 Å². The van der Waals surface area contributed by atoms with E-state index >= 15 is 0 Å². The van der Waals surface area contributed by atoms with E-state index in [4.69, 9.17) is 14.3 Å². The van der Waals surface area contributed by atoms with Crippen molar-refractivity contribution in [2.45, 2.75) is 83.5 Å². The summed E-state index contributed by atoms with van der Waals surface area (Å²) in [7, 11) is -3.17. The summed E-state index contributed by atoms with van der Waals surface area (Å²) in [6.45, 7) is 18.3. The average molecular weight is 375 g/mol. The normalized spacial score (nSPS) is 14.9. The molecule has 142 valence electrons. The van der Waals surface area contributed by atoms with Crippen LogP contribution in [-0.2, 0) is 14.0 Å². The van der Waals surface area contributed by atoms with Crippen molar-refractivity contribution in [1.82, 2.24) is 0 Å². The summed E-state index contributed by atoms with van der Waals surface area (Å²) < 4.78 is 11.7. The monoisotopic (exact) mass is 374 g/mol. The van der Waals surface area contributed by atoms with Crippen LogP contribution in [0, 0.1) is 0 Å². The summed E-state index contributed by atoms with van der Waals surface area (Å²) in [6, 6.07) is 0.979. The summed E-state index contributed by atoms with van der Waals surface area (Å²) in [5.41, 5.74) is 0. The number of ether oxygens (including phenoxy) is 1. The molecule has 0 aliphatic rings. The van der Waals surface area contributed by atoms with Gasteiger partial charge < -0.3 is 14.3 Å². The first-order chi connectivity index (χ1) is 10.8. The number of esters is 1. The first-order valence-electron chi connectivity index (χ1n) is 8.89. The molecule has 0 aromatic rings. The van der Waals surface area contributed by atoms with Gasteiger partial charge in [-0.15, -0.1) is 0 Å². The molecule has 1 N–H and O–H groups in total. The molecule has 6 heteroatoms. The number of carbonyl (C=O) groups is 1. The Balaban J connectivity index is 4.75. The molecule has 0 heterocycles. The van der Waals surface area contributed by atoms with E-state index in [0.717, 1.165) is 6.04 Å². The maximum absolute atomic E-state index is 12.2. The smallest absolute Gasteiger partial charge is 0.308 e. The van der Waals surface area contributed by atoms with Crippen LogP contribution in [0.2, 0.25) is 43.8 Å². The number of aliphatic hydroxyl groups is 1. The van der Waals surface area contributed by atoms with Gasteiger partial charge in [-0.25, -0.2) is 0 Å². The number of hydrogen-bond donors (Lipinski definition) is 1. The lowest BCUT2D eigenvalue weighted by atomic mass is 10.2. The van der Waals surface area contributed by atoms with E-state index in [1.165, 1.54) is 0 Å². The van der Waals surface area contributed by atoms with Crippen LogP contribution in [-0.4, -0.2) is 46.8 Å². The van der Waals surface area contributed by atoms with E-state index < -0.39 is 16.4 Å². The molecule has 0 aliphatic heterocycles. The Morgan fingerprint density at radius 3 is 2.21 bits per heavy atom. The maximum Gasteiger partial charge on any atom is 0.308 e. The largest absolute Gasteiger partial charge is 0.466 e. The Morgan fingerprint density at radius 1 is 1.17 bits per heavy atom. The van der Waals surface area contributed by atoms with E-state index in [-0.39, 0.29) is 30.1 Å². The fourth-order valence-corrected chi connectivity index (χ4v) is 3.71. The molecule has 0 aromatic heterocycles. The van der Waals surface area contributed by atoms with Gasteiger partial charge in [0.25, 0.3) is 0 Å². The molecule has 0 aromatic carbocycles. The number of rotatable bonds is 10. The molecule has 0 rings (SSSR count). The molecule has 0 spiro atoms. The van der Waals surface area contributed by atoms with Gasteiger partial charge in [0, 0.05) is 14.7 Å². The van der Waals surface area contributed by atoms with Crippen molar-refractivity contribution in [2.24, 2.45) is 0 Å². The SMILES string of the molecule is CC(C)(C)[Si](C)(C)O[C@H](C=CCCO)CC(=O)OCC[Si](C)(C)C. The molecule has 0 radical (unpaired) electrons. The van der Waals surface area contributed by atoms with E-state index in [1.54, 1.807) is 0 Å². The van der Waals surface area contributed by atoms with E-state index in [1.807, 2.05) is 12.2 Å². The van der Waals surface area contributed by atoms with E-state index in [2.05, 4.69) is 53.5 Å². The summed E-state index contributed by atoms with van der Waals surface area (Å²) in [5, 5.41) is 9.03. The van der Waals surface area contributed by atoms with Crippen LogP contribution in [0.3, 0.4) is 0 Å². The average Bonchev–Trinajstić information content (AvgIpc) is 2.35. The third-order valence-electron chi connectivity index (χ3n) is 4.38. The lowest BCUT2D eigenvalue weighted by molar-refractivity contribution is -0.144. The zero-order valence-electron chi connectivity index (χ0n) is 16.9. The molecule has 0 saturated carbocycles. The van der Waals surface area contributed by atoms with Gasteiger partial charge in [-0.05, 0) is 30.6 Å². The fraction of sp³-hybridized carbons (Fsp3) is 0.833. The van der Waals surface area contributed by atoms with Crippen LogP contribution in [0.4, 0.5) is 0 Å². The molecule has 4 nitrogen and oxygen atoms in total. The van der Waals surface area contributed by atoms with Crippen LogP contribution in [0.1, 0.15) is 33.6 Å². The predicted molar refractivity (Wildman–Crippen MR) is 107 cm³/mol. The summed E-state index contributed by atoms with van der Waals surface area (Å²) in [6.07, 6.45) is 4.31. The highest BCUT2D eigenvalue weighted by molar-refractivity contribution is 6.76. The van der Waals surface area contributed by atoms with E-state index in [9.17, 15) is 4.79 Å². The van der Waals surface area contributed by atoms with Crippen molar-refractivity contribution in [3.63, 3.8) is 0 Å². The standard InChI is InChI=1S/C18H38O4Si2/c1-18(2,3)24(7,8)22-16(11-9-10-12-19)15-17(20)21-13-14-23(4,5)6/h9,11,16,19H,10,12-15H2,1-8H3/t16-/m1/s1. The highest BCUT2D eigenvalue weighted by atomic mass is 28.4. The van der Waals surface area contributed by atoms with Gasteiger partial charge in [0.05, 0.1) is 19.1 Å². The quantitative estimate of drug-likeness (QED) is 0.345. The highest BCUT2D eigenvalue weighted by Crippen LogP contribution is 2.37. The van der Waals surface area contributed by atoms with Crippen LogP contribution >= 0.6 is 0 Å². The van der Waals surface area contributed by atoms with Gasteiger partial charge >= 0.3 is 5.97 Å². The van der Waals surface area contributed by atoms with Crippen LogP contribution in [0.15, 0.2) is 12.2 Å². The zero-order chi connectivity index (χ0) is 19.0. The van der Waals surface area contributed by atoms with Crippen molar-refractivity contribution in [1.29, 1.82) is 0 Å². The molecule has 24 heavy (non-hydrogen) atoms. The Bertz CT molecular complexity index is 406. The van der Waals surface area contributed by atoms with Crippen molar-refractivity contribution in [2.75, 3.05) is 13.2 Å². The highest BCUT2D eigenvalue weighted by Gasteiger charge is 2.39. The molecule has 1 atom stereocenters. The Labute approximate surface area is 150 Å². The summed E-state index contributed by atoms with van der Waals surface area (Å²) in [4.78, 5) is 12.2. The summed E-state index contributed by atoms with van der Waals surface area (Å²) >= 11 is 0. The van der Waals surface area contributed by atoms with E-state index in [0.29, 0.717) is 13.0 Å². The van der Waals surface area contributed by atoms with Gasteiger partial charge in [0.15, 0.2) is 8.32 Å². The number of hydrogen-bond acceptors (Lipinski definition) is 4. The first-order valence-corrected chi connectivity index (χ1v) is 15.5. The lowest BCUT2D eigenvalue weighted by Crippen LogP contribution is -2.44. The lowest BCUT2D eigenvalue weighted by Gasteiger charge is -2.38. The van der Waals surface area contributed by atoms with Crippen LogP contribution in [0.25, 0.3) is 0 Å². The minimum Gasteiger partial charge on any atom is -0.466 e. The fourth-order valence-electron chi connectivity index (χ4n) is 1.72. The second-order valence-corrected chi connectivity index (χ2v) is 19.5. The Hall–Kier alpha value is -0.436. The first kappa shape index (κ1) is 23.6. The number of aliphatic hydroxyl groups excluding tert-OH is 1. The second-order valence-electron chi connectivity index (χ2n) is 9.09. The van der Waals surface area contributed by atoms with Crippen molar-refractivity contribution in [3.8, 4) is 0 Å². The maximum atomic E-state index is 12.2. The van der Waals surface area contributed by atoms with Gasteiger partial charge in [-0.2, -0.15) is 0 Å². The molecule has 0 amide bonds.